The number of aryl methyl sites for hydroxylation is 2. The molecule has 0 fully saturated rings. The van der Waals surface area contributed by atoms with Gasteiger partial charge < -0.3 is 16.0 Å². The Morgan fingerprint density at radius 2 is 1.58 bits per heavy atom. The normalized spacial score (nSPS) is 11.9. The van der Waals surface area contributed by atoms with Gasteiger partial charge in [0.2, 0.25) is 5.91 Å². The van der Waals surface area contributed by atoms with Crippen molar-refractivity contribution < 1.29 is 14.4 Å². The van der Waals surface area contributed by atoms with Crippen molar-refractivity contribution >= 4 is 58.5 Å². The summed E-state index contributed by atoms with van der Waals surface area (Å²) in [6.07, 6.45) is 2.99. The maximum atomic E-state index is 13.5. The predicted molar refractivity (Wildman–Crippen MR) is 178 cm³/mol. The van der Waals surface area contributed by atoms with Crippen LogP contribution in [0.5, 0.6) is 0 Å². The van der Waals surface area contributed by atoms with Crippen molar-refractivity contribution in [1.29, 1.82) is 0 Å². The Bertz CT molecular complexity index is 1640. The molecule has 3 amide bonds. The monoisotopic (exact) mass is 611 g/mol. The number of benzene rings is 4. The zero-order chi connectivity index (χ0) is 30.8. The smallest absolute Gasteiger partial charge is 0.272 e. The molecule has 0 aliphatic rings. The van der Waals surface area contributed by atoms with Gasteiger partial charge in [-0.25, -0.2) is 0 Å². The topological polar surface area (TPSA) is 87.3 Å². The molecule has 0 aromatic heterocycles. The highest BCUT2D eigenvalue weighted by molar-refractivity contribution is 8.00. The van der Waals surface area contributed by atoms with Crippen molar-refractivity contribution in [2.75, 3.05) is 10.6 Å². The van der Waals surface area contributed by atoms with Crippen LogP contribution in [0.2, 0.25) is 5.02 Å². The van der Waals surface area contributed by atoms with E-state index in [4.69, 9.17) is 11.6 Å². The molecule has 220 valence electrons. The lowest BCUT2D eigenvalue weighted by molar-refractivity contribution is -0.116. The quantitative estimate of drug-likeness (QED) is 0.118. The lowest BCUT2D eigenvalue weighted by atomic mass is 10.1. The van der Waals surface area contributed by atoms with E-state index in [0.29, 0.717) is 28.3 Å². The Labute approximate surface area is 261 Å². The van der Waals surface area contributed by atoms with E-state index in [-0.39, 0.29) is 16.9 Å². The Morgan fingerprint density at radius 1 is 0.860 bits per heavy atom. The highest BCUT2D eigenvalue weighted by atomic mass is 35.5. The second-order valence-corrected chi connectivity index (χ2v) is 11.5. The molecule has 4 aromatic carbocycles. The third kappa shape index (κ3) is 8.60. The van der Waals surface area contributed by atoms with Gasteiger partial charge in [-0.2, -0.15) is 0 Å². The van der Waals surface area contributed by atoms with Crippen molar-refractivity contribution in [1.82, 2.24) is 5.32 Å². The molecule has 0 heterocycles. The largest absolute Gasteiger partial charge is 0.325 e. The third-order valence-electron chi connectivity index (χ3n) is 6.76. The van der Waals surface area contributed by atoms with Gasteiger partial charge in [-0.1, -0.05) is 86.1 Å². The molecule has 0 saturated carbocycles. The molecular formula is C35H34ClN3O3S. The molecule has 8 heteroatoms. The van der Waals surface area contributed by atoms with Crippen molar-refractivity contribution in [3.05, 3.63) is 130 Å². The molecule has 3 N–H and O–H groups in total. The van der Waals surface area contributed by atoms with Crippen LogP contribution in [0.1, 0.15) is 47.3 Å². The number of carbonyl (C=O) groups excluding carboxylic acids is 3. The van der Waals surface area contributed by atoms with Gasteiger partial charge in [-0.05, 0) is 78.9 Å². The van der Waals surface area contributed by atoms with E-state index in [2.05, 4.69) is 22.9 Å². The maximum absolute atomic E-state index is 13.5. The number of halogens is 1. The van der Waals surface area contributed by atoms with Crippen LogP contribution < -0.4 is 16.0 Å². The number of hydrogen-bond acceptors (Lipinski definition) is 4. The molecule has 0 bridgehead atoms. The van der Waals surface area contributed by atoms with E-state index in [1.165, 1.54) is 11.8 Å². The Balaban J connectivity index is 1.52. The summed E-state index contributed by atoms with van der Waals surface area (Å²) >= 11 is 7.78. The lowest BCUT2D eigenvalue weighted by Crippen LogP contribution is -2.30. The van der Waals surface area contributed by atoms with Crippen LogP contribution in [-0.4, -0.2) is 23.0 Å². The predicted octanol–water partition coefficient (Wildman–Crippen LogP) is 8.13. The fourth-order valence-corrected chi connectivity index (χ4v) is 5.63. The standard InChI is InChI=1S/C35H34ClN3O3S/c1-4-24-17-11-13-23(3)32(24)39-35(42)31(5-2)43-28-19-12-18-27(22-28)37-34(41)30(21-26-16-9-10-20-29(26)36)38-33(40)25-14-7-6-8-15-25/h6-22,31H,4-5H2,1-3H3,(H,37,41)(H,38,40)(H,39,42)/b30-21+. The van der Waals surface area contributed by atoms with E-state index < -0.39 is 11.8 Å². The highest BCUT2D eigenvalue weighted by Crippen LogP contribution is 2.30. The minimum absolute atomic E-state index is 0.0378. The van der Waals surface area contributed by atoms with Crippen LogP contribution in [-0.2, 0) is 16.0 Å². The van der Waals surface area contributed by atoms with Gasteiger partial charge in [0.1, 0.15) is 5.70 Å². The summed E-state index contributed by atoms with van der Waals surface area (Å²) in [5, 5.41) is 8.86. The fraction of sp³-hybridized carbons (Fsp3) is 0.171. The Hall–Kier alpha value is -4.33. The third-order valence-corrected chi connectivity index (χ3v) is 8.46. The summed E-state index contributed by atoms with van der Waals surface area (Å²) in [7, 11) is 0. The van der Waals surface area contributed by atoms with Gasteiger partial charge in [0, 0.05) is 26.9 Å². The number of carbonyl (C=O) groups is 3. The van der Waals surface area contributed by atoms with Crippen LogP contribution in [0, 0.1) is 6.92 Å². The fourth-order valence-electron chi connectivity index (χ4n) is 4.43. The van der Waals surface area contributed by atoms with E-state index in [0.717, 1.165) is 28.1 Å². The van der Waals surface area contributed by atoms with Crippen LogP contribution in [0.3, 0.4) is 0 Å². The molecule has 0 spiro atoms. The van der Waals surface area contributed by atoms with Crippen molar-refractivity contribution in [2.45, 2.75) is 43.8 Å². The average molecular weight is 612 g/mol. The number of para-hydroxylation sites is 1. The molecule has 0 radical (unpaired) electrons. The van der Waals surface area contributed by atoms with E-state index in [1.807, 2.05) is 56.3 Å². The second kappa shape index (κ2) is 15.2. The summed E-state index contributed by atoms with van der Waals surface area (Å²) < 4.78 is 0. The Kier molecular flexibility index (Phi) is 11.2. The zero-order valence-electron chi connectivity index (χ0n) is 24.3. The molecule has 0 saturated heterocycles. The van der Waals surface area contributed by atoms with Gasteiger partial charge in [0.15, 0.2) is 0 Å². The van der Waals surface area contributed by atoms with E-state index >= 15 is 0 Å². The van der Waals surface area contributed by atoms with Crippen LogP contribution >= 0.6 is 23.4 Å². The van der Waals surface area contributed by atoms with Crippen LogP contribution in [0.4, 0.5) is 11.4 Å². The number of amides is 3. The first-order valence-corrected chi connectivity index (χ1v) is 15.3. The summed E-state index contributed by atoms with van der Waals surface area (Å²) in [6.45, 7) is 6.03. The summed E-state index contributed by atoms with van der Waals surface area (Å²) in [5.74, 6) is -1.00. The highest BCUT2D eigenvalue weighted by Gasteiger charge is 2.21. The zero-order valence-corrected chi connectivity index (χ0v) is 25.9. The van der Waals surface area contributed by atoms with E-state index in [1.54, 1.807) is 60.7 Å². The number of thioether (sulfide) groups is 1. The van der Waals surface area contributed by atoms with Crippen molar-refractivity contribution in [3.8, 4) is 0 Å². The molecule has 1 atom stereocenters. The first-order valence-electron chi connectivity index (χ1n) is 14.1. The maximum Gasteiger partial charge on any atom is 0.272 e. The van der Waals surface area contributed by atoms with Crippen molar-refractivity contribution in [2.24, 2.45) is 0 Å². The molecule has 6 nitrogen and oxygen atoms in total. The number of hydrogen-bond donors (Lipinski definition) is 3. The molecule has 0 aliphatic heterocycles. The van der Waals surface area contributed by atoms with Gasteiger partial charge in [0.25, 0.3) is 11.8 Å². The SMILES string of the molecule is CCc1cccc(C)c1NC(=O)C(CC)Sc1cccc(NC(=O)/C(=C\c2ccccc2Cl)NC(=O)c2ccccc2)c1. The van der Waals surface area contributed by atoms with Crippen molar-refractivity contribution in [3.63, 3.8) is 0 Å². The molecular weight excluding hydrogens is 578 g/mol. The summed E-state index contributed by atoms with van der Waals surface area (Å²) in [5.41, 5.74) is 4.55. The van der Waals surface area contributed by atoms with Gasteiger partial charge in [-0.3, -0.25) is 14.4 Å². The molecule has 1 unspecified atom stereocenters. The summed E-state index contributed by atoms with van der Waals surface area (Å²) in [6, 6.07) is 29.0. The minimum Gasteiger partial charge on any atom is -0.325 e. The average Bonchev–Trinajstić information content (AvgIpc) is 3.02. The lowest BCUT2D eigenvalue weighted by Gasteiger charge is -2.18. The first kappa shape index (κ1) is 31.6. The molecule has 4 aromatic rings. The minimum atomic E-state index is -0.511. The first-order chi connectivity index (χ1) is 20.8. The number of anilines is 2. The van der Waals surface area contributed by atoms with Gasteiger partial charge in [0.05, 0.1) is 5.25 Å². The summed E-state index contributed by atoms with van der Waals surface area (Å²) in [4.78, 5) is 40.5. The van der Waals surface area contributed by atoms with Crippen LogP contribution in [0.25, 0.3) is 6.08 Å². The second-order valence-electron chi connectivity index (χ2n) is 9.85. The van der Waals surface area contributed by atoms with Crippen LogP contribution in [0.15, 0.2) is 108 Å². The molecule has 4 rings (SSSR count). The van der Waals surface area contributed by atoms with Gasteiger partial charge >= 0.3 is 0 Å². The number of nitrogens with one attached hydrogen (secondary N) is 3. The number of rotatable bonds is 11. The molecule has 0 aliphatic carbocycles. The van der Waals surface area contributed by atoms with E-state index in [9.17, 15) is 14.4 Å². The Morgan fingerprint density at radius 3 is 2.30 bits per heavy atom. The van der Waals surface area contributed by atoms with Gasteiger partial charge in [-0.15, -0.1) is 11.8 Å². The molecule has 43 heavy (non-hydrogen) atoms.